The van der Waals surface area contributed by atoms with Gasteiger partial charge in [-0.1, -0.05) is 26.0 Å². The molecule has 0 radical (unpaired) electrons. The summed E-state index contributed by atoms with van der Waals surface area (Å²) in [5.74, 6) is 3.32. The van der Waals surface area contributed by atoms with Crippen molar-refractivity contribution in [3.63, 3.8) is 0 Å². The second-order valence-corrected chi connectivity index (χ2v) is 7.13. The Kier molecular flexibility index (Phi) is 6.58. The largest absolute Gasteiger partial charge is 0.494 e. The van der Waals surface area contributed by atoms with E-state index in [0.29, 0.717) is 5.92 Å². The van der Waals surface area contributed by atoms with Crippen molar-refractivity contribution < 1.29 is 9.53 Å². The highest BCUT2D eigenvalue weighted by molar-refractivity contribution is 7.99. The highest BCUT2D eigenvalue weighted by Crippen LogP contribution is 2.19. The van der Waals surface area contributed by atoms with Crippen LogP contribution in [0.15, 0.2) is 24.3 Å². The number of carbonyl (C=O) groups is 1. The smallest absolute Gasteiger partial charge is 0.238 e. The first-order chi connectivity index (χ1) is 10.6. The zero-order valence-electron chi connectivity index (χ0n) is 13.6. The van der Waals surface area contributed by atoms with E-state index in [1.54, 1.807) is 11.8 Å². The monoisotopic (exact) mass is 322 g/mol. The van der Waals surface area contributed by atoms with Crippen molar-refractivity contribution in [2.45, 2.75) is 39.3 Å². The predicted molar refractivity (Wildman–Crippen MR) is 92.2 cm³/mol. The summed E-state index contributed by atoms with van der Waals surface area (Å²) >= 11 is 1.76. The molecule has 1 heterocycles. The van der Waals surface area contributed by atoms with Crippen LogP contribution in [-0.4, -0.2) is 30.2 Å². The van der Waals surface area contributed by atoms with Gasteiger partial charge in [0.2, 0.25) is 5.91 Å². The van der Waals surface area contributed by atoms with Crippen molar-refractivity contribution in [3.05, 3.63) is 29.8 Å². The Hall–Kier alpha value is -1.20. The van der Waals surface area contributed by atoms with Gasteiger partial charge in [0.05, 0.1) is 18.7 Å². The van der Waals surface area contributed by atoms with Gasteiger partial charge in [0.15, 0.2) is 0 Å². The molecule has 22 heavy (non-hydrogen) atoms. The fourth-order valence-electron chi connectivity index (χ4n) is 2.23. The number of hydrogen-bond acceptors (Lipinski definition) is 4. The average molecular weight is 322 g/mol. The summed E-state index contributed by atoms with van der Waals surface area (Å²) in [4.78, 5) is 12.1. The quantitative estimate of drug-likeness (QED) is 0.810. The van der Waals surface area contributed by atoms with Gasteiger partial charge in [-0.2, -0.15) is 0 Å². The summed E-state index contributed by atoms with van der Waals surface area (Å²) < 4.78 is 5.71. The van der Waals surface area contributed by atoms with E-state index in [-0.39, 0.29) is 18.0 Å². The van der Waals surface area contributed by atoms with Gasteiger partial charge >= 0.3 is 0 Å². The Morgan fingerprint density at radius 3 is 2.68 bits per heavy atom. The number of thioether (sulfide) groups is 1. The first-order valence-electron chi connectivity index (χ1n) is 7.90. The number of nitrogens with one attached hydrogen (secondary N) is 2. The van der Waals surface area contributed by atoms with Crippen molar-refractivity contribution in [3.8, 4) is 5.75 Å². The lowest BCUT2D eigenvalue weighted by Gasteiger charge is -2.17. The normalized spacial score (nSPS) is 19.2. The fourth-order valence-corrected chi connectivity index (χ4v) is 3.17. The topological polar surface area (TPSA) is 50.4 Å². The Morgan fingerprint density at radius 2 is 2.09 bits per heavy atom. The van der Waals surface area contributed by atoms with Gasteiger partial charge in [-0.05, 0) is 37.0 Å². The molecule has 2 N–H and O–H groups in total. The van der Waals surface area contributed by atoms with Crippen molar-refractivity contribution in [2.24, 2.45) is 5.92 Å². The molecule has 2 rings (SSSR count). The minimum atomic E-state index is -0.0638. The molecule has 1 aromatic carbocycles. The number of rotatable bonds is 7. The first kappa shape index (κ1) is 17.2. The van der Waals surface area contributed by atoms with Crippen LogP contribution in [0.25, 0.3) is 0 Å². The number of carbonyl (C=O) groups excluding carboxylic acids is 1. The molecule has 2 atom stereocenters. The second-order valence-electron chi connectivity index (χ2n) is 6.10. The molecule has 4 nitrogen and oxygen atoms in total. The van der Waals surface area contributed by atoms with Crippen LogP contribution in [0.2, 0.25) is 0 Å². The van der Waals surface area contributed by atoms with Crippen LogP contribution >= 0.6 is 11.8 Å². The lowest BCUT2D eigenvalue weighted by molar-refractivity contribution is -0.123. The van der Waals surface area contributed by atoms with Crippen LogP contribution in [0, 0.1) is 5.92 Å². The lowest BCUT2D eigenvalue weighted by Crippen LogP contribution is -2.42. The molecule has 2 unspecified atom stereocenters. The van der Waals surface area contributed by atoms with Gasteiger partial charge in [-0.15, -0.1) is 11.8 Å². The number of ether oxygens (including phenoxy) is 1. The first-order valence-corrected chi connectivity index (χ1v) is 9.06. The number of amides is 1. The molecule has 1 aliphatic rings. The third-order valence-electron chi connectivity index (χ3n) is 3.74. The van der Waals surface area contributed by atoms with E-state index in [4.69, 9.17) is 4.74 Å². The van der Waals surface area contributed by atoms with Crippen LogP contribution in [0.3, 0.4) is 0 Å². The van der Waals surface area contributed by atoms with Gasteiger partial charge in [-0.3, -0.25) is 10.1 Å². The maximum Gasteiger partial charge on any atom is 0.238 e. The van der Waals surface area contributed by atoms with Crippen molar-refractivity contribution in [1.29, 1.82) is 0 Å². The van der Waals surface area contributed by atoms with Crippen molar-refractivity contribution in [1.82, 2.24) is 10.6 Å². The van der Waals surface area contributed by atoms with Gasteiger partial charge in [0.25, 0.3) is 0 Å². The molecule has 1 aromatic rings. The van der Waals surface area contributed by atoms with E-state index in [9.17, 15) is 4.79 Å². The Bertz CT molecular complexity index is 470. The molecule has 1 aliphatic heterocycles. The minimum absolute atomic E-state index is 0.00427. The van der Waals surface area contributed by atoms with Crippen LogP contribution in [0.5, 0.6) is 5.75 Å². The van der Waals surface area contributed by atoms with Crippen molar-refractivity contribution >= 4 is 17.7 Å². The zero-order chi connectivity index (χ0) is 15.9. The Balaban J connectivity index is 1.82. The third kappa shape index (κ3) is 5.21. The molecule has 0 spiro atoms. The summed E-state index contributed by atoms with van der Waals surface area (Å²) in [6.07, 6.45) is 1.06. The minimum Gasteiger partial charge on any atom is -0.494 e. The highest BCUT2D eigenvalue weighted by Gasteiger charge is 2.23. The molecule has 0 bridgehead atoms. The Morgan fingerprint density at radius 1 is 1.36 bits per heavy atom. The highest BCUT2D eigenvalue weighted by atomic mass is 32.2. The van der Waals surface area contributed by atoms with E-state index >= 15 is 0 Å². The second kappa shape index (κ2) is 8.44. The third-order valence-corrected chi connectivity index (χ3v) is 4.68. The van der Waals surface area contributed by atoms with Crippen molar-refractivity contribution in [2.75, 3.05) is 18.2 Å². The van der Waals surface area contributed by atoms with Crippen LogP contribution < -0.4 is 15.4 Å². The van der Waals surface area contributed by atoms with Gasteiger partial charge in [0, 0.05) is 11.6 Å². The van der Waals surface area contributed by atoms with Crippen LogP contribution in [0.4, 0.5) is 0 Å². The lowest BCUT2D eigenvalue weighted by atomic mass is 10.1. The van der Waals surface area contributed by atoms with E-state index in [2.05, 4.69) is 24.5 Å². The van der Waals surface area contributed by atoms with Gasteiger partial charge in [0.1, 0.15) is 5.75 Å². The molecule has 1 saturated heterocycles. The molecule has 5 heteroatoms. The molecule has 1 fully saturated rings. The van der Waals surface area contributed by atoms with Crippen LogP contribution in [0.1, 0.15) is 38.8 Å². The summed E-state index contributed by atoms with van der Waals surface area (Å²) in [6.45, 7) is 7.13. The summed E-state index contributed by atoms with van der Waals surface area (Å²) in [5.41, 5.74) is 1.09. The molecule has 1 amide bonds. The van der Waals surface area contributed by atoms with E-state index < -0.39 is 0 Å². The number of benzene rings is 1. The average Bonchev–Trinajstić information content (AvgIpc) is 3.02. The molecule has 0 aliphatic carbocycles. The van der Waals surface area contributed by atoms with E-state index in [0.717, 1.165) is 36.0 Å². The standard InChI is InChI=1S/C17H26N2O2S/c1-12(2)8-9-21-15-6-4-14(5-7-15)13(3)19-17(20)16-10-22-11-18-16/h4-7,12-13,16,18H,8-11H2,1-3H3,(H,19,20). The van der Waals surface area contributed by atoms with E-state index in [1.807, 2.05) is 31.2 Å². The van der Waals surface area contributed by atoms with E-state index in [1.165, 1.54) is 0 Å². The molecule has 0 aromatic heterocycles. The zero-order valence-corrected chi connectivity index (χ0v) is 14.4. The molecular formula is C17H26N2O2S. The predicted octanol–water partition coefficient (Wildman–Crippen LogP) is 2.95. The SMILES string of the molecule is CC(C)CCOc1ccc(C(C)NC(=O)C2CSCN2)cc1. The maximum absolute atomic E-state index is 12.1. The van der Waals surface area contributed by atoms with Gasteiger partial charge in [-0.25, -0.2) is 0 Å². The molecule has 0 saturated carbocycles. The Labute approximate surface area is 137 Å². The summed E-state index contributed by atoms with van der Waals surface area (Å²) in [6, 6.07) is 7.93. The summed E-state index contributed by atoms with van der Waals surface area (Å²) in [7, 11) is 0. The maximum atomic E-state index is 12.1. The fraction of sp³-hybridized carbons (Fsp3) is 0.588. The molecular weight excluding hydrogens is 296 g/mol. The van der Waals surface area contributed by atoms with Gasteiger partial charge < -0.3 is 10.1 Å². The summed E-state index contributed by atoms with van der Waals surface area (Å²) in [5, 5.41) is 6.25. The molecule has 122 valence electrons. The number of hydrogen-bond donors (Lipinski definition) is 2. The van der Waals surface area contributed by atoms with Crippen LogP contribution in [-0.2, 0) is 4.79 Å².